The van der Waals surface area contributed by atoms with Gasteiger partial charge in [0.25, 0.3) is 0 Å². The van der Waals surface area contributed by atoms with Gasteiger partial charge in [0, 0.05) is 12.0 Å². The van der Waals surface area contributed by atoms with Crippen LogP contribution in [0.3, 0.4) is 0 Å². The van der Waals surface area contributed by atoms with Gasteiger partial charge in [-0.2, -0.15) is 0 Å². The monoisotopic (exact) mass is 188 g/mol. The lowest BCUT2D eigenvalue weighted by atomic mass is 10.0. The van der Waals surface area contributed by atoms with Gasteiger partial charge in [-0.15, -0.1) is 0 Å². The third-order valence-electron chi connectivity index (χ3n) is 2.37. The van der Waals surface area contributed by atoms with Gasteiger partial charge in [-0.25, -0.2) is 0 Å². The van der Waals surface area contributed by atoms with Crippen molar-refractivity contribution in [3.63, 3.8) is 0 Å². The minimum absolute atomic E-state index is 0.134. The Labute approximate surface area is 82.4 Å². The summed E-state index contributed by atoms with van der Waals surface area (Å²) in [7, 11) is 0. The van der Waals surface area contributed by atoms with Crippen molar-refractivity contribution in [3.8, 4) is 5.75 Å². The van der Waals surface area contributed by atoms with Crippen LogP contribution in [0.15, 0.2) is 36.4 Å². The van der Waals surface area contributed by atoms with Gasteiger partial charge < -0.3 is 10.2 Å². The lowest BCUT2D eigenvalue weighted by molar-refractivity contribution is 0.300. The van der Waals surface area contributed by atoms with Gasteiger partial charge >= 0.3 is 0 Å². The molecule has 0 atom stereocenters. The highest BCUT2D eigenvalue weighted by Gasteiger charge is 2.02. The number of rotatable bonds is 2. The van der Waals surface area contributed by atoms with E-state index in [0.717, 1.165) is 16.3 Å². The lowest BCUT2D eigenvalue weighted by Gasteiger charge is -2.05. The molecule has 0 aliphatic carbocycles. The van der Waals surface area contributed by atoms with E-state index < -0.39 is 0 Å². The van der Waals surface area contributed by atoms with E-state index in [9.17, 15) is 5.11 Å². The first kappa shape index (κ1) is 9.03. The lowest BCUT2D eigenvalue weighted by Crippen LogP contribution is -1.91. The standard InChI is InChI=1S/C12H12O2/c13-8-7-9-3-1-5-11-10(9)4-2-6-12(11)14/h1-6,13-14H,7-8H2. The number of hydrogen-bond donors (Lipinski definition) is 2. The van der Waals surface area contributed by atoms with Crippen LogP contribution in [0.5, 0.6) is 5.75 Å². The van der Waals surface area contributed by atoms with Gasteiger partial charge in [-0.1, -0.05) is 30.3 Å². The van der Waals surface area contributed by atoms with Crippen molar-refractivity contribution >= 4 is 10.8 Å². The van der Waals surface area contributed by atoms with Crippen LogP contribution < -0.4 is 0 Å². The Morgan fingerprint density at radius 3 is 2.43 bits per heavy atom. The highest BCUT2D eigenvalue weighted by Crippen LogP contribution is 2.26. The summed E-state index contributed by atoms with van der Waals surface area (Å²) < 4.78 is 0. The third-order valence-corrected chi connectivity index (χ3v) is 2.37. The second kappa shape index (κ2) is 3.68. The Morgan fingerprint density at radius 2 is 1.64 bits per heavy atom. The van der Waals surface area contributed by atoms with Gasteiger partial charge in [-0.05, 0) is 23.4 Å². The van der Waals surface area contributed by atoms with E-state index >= 15 is 0 Å². The molecule has 2 rings (SSSR count). The van der Waals surface area contributed by atoms with Crippen LogP contribution in [0.2, 0.25) is 0 Å². The summed E-state index contributed by atoms with van der Waals surface area (Å²) in [6.45, 7) is 0.134. The van der Waals surface area contributed by atoms with Crippen molar-refractivity contribution in [2.75, 3.05) is 6.61 Å². The van der Waals surface area contributed by atoms with Crippen LogP contribution in [0, 0.1) is 0 Å². The SMILES string of the molecule is OCCc1cccc2c(O)cccc12. The molecule has 0 aliphatic heterocycles. The van der Waals surface area contributed by atoms with Crippen LogP contribution in [-0.4, -0.2) is 16.8 Å². The van der Waals surface area contributed by atoms with Crippen LogP contribution in [0.25, 0.3) is 10.8 Å². The fourth-order valence-electron chi connectivity index (χ4n) is 1.70. The summed E-state index contributed by atoms with van der Waals surface area (Å²) in [4.78, 5) is 0. The molecule has 14 heavy (non-hydrogen) atoms. The highest BCUT2D eigenvalue weighted by atomic mass is 16.3. The summed E-state index contributed by atoms with van der Waals surface area (Å²) in [5, 5.41) is 20.3. The molecule has 0 aliphatic rings. The minimum Gasteiger partial charge on any atom is -0.507 e. The number of aliphatic hydroxyl groups excluding tert-OH is 1. The van der Waals surface area contributed by atoms with Crippen molar-refractivity contribution in [2.45, 2.75) is 6.42 Å². The topological polar surface area (TPSA) is 40.5 Å². The van der Waals surface area contributed by atoms with Gasteiger partial charge in [-0.3, -0.25) is 0 Å². The fourth-order valence-corrected chi connectivity index (χ4v) is 1.70. The molecule has 0 spiro atoms. The molecule has 0 bridgehead atoms. The van der Waals surface area contributed by atoms with Crippen molar-refractivity contribution in [1.29, 1.82) is 0 Å². The average molecular weight is 188 g/mol. The highest BCUT2D eigenvalue weighted by molar-refractivity contribution is 5.90. The molecule has 0 amide bonds. The number of aliphatic hydroxyl groups is 1. The smallest absolute Gasteiger partial charge is 0.123 e. The maximum Gasteiger partial charge on any atom is 0.123 e. The van der Waals surface area contributed by atoms with E-state index in [1.165, 1.54) is 0 Å². The molecule has 0 radical (unpaired) electrons. The van der Waals surface area contributed by atoms with Crippen LogP contribution in [0.1, 0.15) is 5.56 Å². The van der Waals surface area contributed by atoms with E-state index in [1.54, 1.807) is 6.07 Å². The fraction of sp³-hybridized carbons (Fsp3) is 0.167. The summed E-state index contributed by atoms with van der Waals surface area (Å²) in [5.74, 6) is 0.294. The molecule has 2 aromatic rings. The molecule has 0 saturated carbocycles. The summed E-state index contributed by atoms with van der Waals surface area (Å²) in [6.07, 6.45) is 0.626. The van der Waals surface area contributed by atoms with Crippen molar-refractivity contribution < 1.29 is 10.2 Å². The van der Waals surface area contributed by atoms with E-state index in [0.29, 0.717) is 12.2 Å². The number of benzene rings is 2. The molecule has 0 saturated heterocycles. The predicted molar refractivity (Wildman–Crippen MR) is 56.4 cm³/mol. The van der Waals surface area contributed by atoms with Crippen LogP contribution >= 0.6 is 0 Å². The van der Waals surface area contributed by atoms with Crippen molar-refractivity contribution in [3.05, 3.63) is 42.0 Å². The largest absolute Gasteiger partial charge is 0.507 e. The first-order chi connectivity index (χ1) is 6.83. The van der Waals surface area contributed by atoms with Crippen LogP contribution in [0.4, 0.5) is 0 Å². The molecule has 72 valence electrons. The average Bonchev–Trinajstić information content (AvgIpc) is 2.20. The van der Waals surface area contributed by atoms with Crippen molar-refractivity contribution in [2.24, 2.45) is 0 Å². The molecular formula is C12H12O2. The first-order valence-electron chi connectivity index (χ1n) is 4.63. The maximum atomic E-state index is 9.60. The predicted octanol–water partition coefficient (Wildman–Crippen LogP) is 2.08. The van der Waals surface area contributed by atoms with Gasteiger partial charge in [0.1, 0.15) is 5.75 Å². The Morgan fingerprint density at radius 1 is 0.929 bits per heavy atom. The molecule has 2 N–H and O–H groups in total. The number of fused-ring (bicyclic) bond motifs is 1. The van der Waals surface area contributed by atoms with E-state index in [4.69, 9.17) is 5.11 Å². The summed E-state index contributed by atoms with van der Waals surface area (Å²) in [5.41, 5.74) is 1.07. The number of hydrogen-bond acceptors (Lipinski definition) is 2. The maximum absolute atomic E-state index is 9.60. The normalized spacial score (nSPS) is 10.6. The molecule has 0 aromatic heterocycles. The molecule has 0 unspecified atom stereocenters. The summed E-state index contributed by atoms with van der Waals surface area (Å²) in [6, 6.07) is 11.2. The Kier molecular flexibility index (Phi) is 2.37. The Balaban J connectivity index is 2.68. The first-order valence-corrected chi connectivity index (χ1v) is 4.63. The number of phenols is 1. The molecule has 2 heteroatoms. The molecule has 2 nitrogen and oxygen atoms in total. The zero-order valence-corrected chi connectivity index (χ0v) is 7.77. The quantitative estimate of drug-likeness (QED) is 0.757. The van der Waals surface area contributed by atoms with E-state index in [1.807, 2.05) is 30.3 Å². The zero-order chi connectivity index (χ0) is 9.97. The van der Waals surface area contributed by atoms with E-state index in [-0.39, 0.29) is 6.61 Å². The number of phenolic OH excluding ortho intramolecular Hbond substituents is 1. The minimum atomic E-state index is 0.134. The van der Waals surface area contributed by atoms with Crippen molar-refractivity contribution in [1.82, 2.24) is 0 Å². The van der Waals surface area contributed by atoms with Crippen LogP contribution in [-0.2, 0) is 6.42 Å². The molecular weight excluding hydrogens is 176 g/mol. The number of aromatic hydroxyl groups is 1. The molecule has 0 heterocycles. The van der Waals surface area contributed by atoms with Gasteiger partial charge in [0.05, 0.1) is 0 Å². The Hall–Kier alpha value is -1.54. The second-order valence-corrected chi connectivity index (χ2v) is 3.26. The summed E-state index contributed by atoms with van der Waals surface area (Å²) >= 11 is 0. The third kappa shape index (κ3) is 1.44. The zero-order valence-electron chi connectivity index (χ0n) is 7.77. The van der Waals surface area contributed by atoms with Gasteiger partial charge in [0.2, 0.25) is 0 Å². The van der Waals surface area contributed by atoms with Gasteiger partial charge in [0.15, 0.2) is 0 Å². The Bertz CT molecular complexity index is 449. The second-order valence-electron chi connectivity index (χ2n) is 3.26. The van der Waals surface area contributed by atoms with E-state index in [2.05, 4.69) is 0 Å². The molecule has 0 fully saturated rings. The molecule has 2 aromatic carbocycles.